The lowest BCUT2D eigenvalue weighted by Crippen LogP contribution is -2.20. The van der Waals surface area contributed by atoms with Crippen molar-refractivity contribution in [1.29, 1.82) is 0 Å². The Bertz CT molecular complexity index is 573. The van der Waals surface area contributed by atoms with Gasteiger partial charge in [0.1, 0.15) is 5.69 Å². The van der Waals surface area contributed by atoms with Gasteiger partial charge in [0.05, 0.1) is 5.01 Å². The SMILES string of the molecule is Cc1nc(C(=O)CC2Cc3ccccc32)cs1. The number of benzene rings is 1. The summed E-state index contributed by atoms with van der Waals surface area (Å²) in [5.74, 6) is 0.578. The van der Waals surface area contributed by atoms with Crippen molar-refractivity contribution in [2.45, 2.75) is 25.7 Å². The molecule has 0 N–H and O–H groups in total. The molecule has 3 heteroatoms. The second-order valence-corrected chi connectivity index (χ2v) is 5.54. The van der Waals surface area contributed by atoms with E-state index in [1.54, 1.807) is 0 Å². The van der Waals surface area contributed by atoms with Crippen molar-refractivity contribution < 1.29 is 4.79 Å². The number of ketones is 1. The first kappa shape index (κ1) is 10.7. The molecule has 0 radical (unpaired) electrons. The van der Waals surface area contributed by atoms with Gasteiger partial charge in [-0.1, -0.05) is 24.3 Å². The van der Waals surface area contributed by atoms with Crippen LogP contribution < -0.4 is 0 Å². The largest absolute Gasteiger partial charge is 0.292 e. The number of carbonyl (C=O) groups excluding carboxylic acids is 1. The average molecular weight is 243 g/mol. The van der Waals surface area contributed by atoms with Crippen LogP contribution in [0.4, 0.5) is 0 Å². The summed E-state index contributed by atoms with van der Waals surface area (Å²) in [7, 11) is 0. The summed E-state index contributed by atoms with van der Waals surface area (Å²) >= 11 is 1.54. The molecule has 0 spiro atoms. The standard InChI is InChI=1S/C14H13NOS/c1-9-15-13(8-17-9)14(16)7-11-6-10-4-2-3-5-12(10)11/h2-5,8,11H,6-7H2,1H3. The lowest BCUT2D eigenvalue weighted by Gasteiger charge is -2.29. The monoisotopic (exact) mass is 243 g/mol. The maximum absolute atomic E-state index is 12.0. The molecule has 1 aromatic carbocycles. The summed E-state index contributed by atoms with van der Waals surface area (Å²) in [5, 5.41) is 2.82. The molecule has 2 aromatic rings. The Morgan fingerprint density at radius 1 is 1.47 bits per heavy atom. The van der Waals surface area contributed by atoms with Crippen LogP contribution in [-0.2, 0) is 6.42 Å². The first-order valence-electron chi connectivity index (χ1n) is 5.77. The number of carbonyl (C=O) groups is 1. The third kappa shape index (κ3) is 1.91. The summed E-state index contributed by atoms with van der Waals surface area (Å²) in [4.78, 5) is 16.3. The Kier molecular flexibility index (Phi) is 2.56. The van der Waals surface area contributed by atoms with Gasteiger partial charge in [-0.05, 0) is 30.4 Å². The van der Waals surface area contributed by atoms with Crippen molar-refractivity contribution in [3.8, 4) is 0 Å². The van der Waals surface area contributed by atoms with Crippen LogP contribution >= 0.6 is 11.3 Å². The molecule has 3 rings (SSSR count). The van der Waals surface area contributed by atoms with Gasteiger partial charge in [0.25, 0.3) is 0 Å². The maximum Gasteiger partial charge on any atom is 0.182 e. The summed E-state index contributed by atoms with van der Waals surface area (Å²) < 4.78 is 0. The van der Waals surface area contributed by atoms with E-state index < -0.39 is 0 Å². The number of rotatable bonds is 3. The Balaban J connectivity index is 1.72. The molecular weight excluding hydrogens is 230 g/mol. The summed E-state index contributed by atoms with van der Waals surface area (Å²) in [5.41, 5.74) is 3.37. The van der Waals surface area contributed by atoms with Gasteiger partial charge >= 0.3 is 0 Å². The highest BCUT2D eigenvalue weighted by Crippen LogP contribution is 2.37. The number of hydrogen-bond donors (Lipinski definition) is 0. The fraction of sp³-hybridized carbons (Fsp3) is 0.286. The Hall–Kier alpha value is -1.48. The average Bonchev–Trinajstić information content (AvgIpc) is 2.73. The molecule has 0 amide bonds. The predicted molar refractivity (Wildman–Crippen MR) is 68.7 cm³/mol. The van der Waals surface area contributed by atoms with Crippen LogP contribution in [-0.4, -0.2) is 10.8 Å². The molecule has 0 saturated carbocycles. The van der Waals surface area contributed by atoms with Crippen LogP contribution in [0.15, 0.2) is 29.6 Å². The van der Waals surface area contributed by atoms with E-state index in [4.69, 9.17) is 0 Å². The van der Waals surface area contributed by atoms with Crippen LogP contribution in [0, 0.1) is 6.92 Å². The van der Waals surface area contributed by atoms with Crippen LogP contribution in [0.2, 0.25) is 0 Å². The molecule has 1 aromatic heterocycles. The maximum atomic E-state index is 12.0. The summed E-state index contributed by atoms with van der Waals surface area (Å²) in [6, 6.07) is 8.37. The van der Waals surface area contributed by atoms with Gasteiger partial charge in [0.2, 0.25) is 0 Å². The van der Waals surface area contributed by atoms with Gasteiger partial charge in [-0.15, -0.1) is 11.3 Å². The highest BCUT2D eigenvalue weighted by Gasteiger charge is 2.28. The molecule has 0 saturated heterocycles. The molecule has 86 valence electrons. The van der Waals surface area contributed by atoms with E-state index >= 15 is 0 Å². The first-order valence-corrected chi connectivity index (χ1v) is 6.65. The van der Waals surface area contributed by atoms with E-state index in [2.05, 4.69) is 23.2 Å². The minimum atomic E-state index is 0.175. The van der Waals surface area contributed by atoms with E-state index in [1.807, 2.05) is 18.4 Å². The predicted octanol–water partition coefficient (Wildman–Crippen LogP) is 3.36. The lowest BCUT2D eigenvalue weighted by atomic mass is 9.75. The topological polar surface area (TPSA) is 30.0 Å². The van der Waals surface area contributed by atoms with Crippen molar-refractivity contribution in [2.75, 3.05) is 0 Å². The Morgan fingerprint density at radius 3 is 3.00 bits per heavy atom. The van der Waals surface area contributed by atoms with E-state index in [1.165, 1.54) is 22.5 Å². The minimum absolute atomic E-state index is 0.175. The first-order chi connectivity index (χ1) is 8.24. The summed E-state index contributed by atoms with van der Waals surface area (Å²) in [6.07, 6.45) is 1.63. The molecule has 1 aliphatic rings. The zero-order valence-corrected chi connectivity index (χ0v) is 10.5. The van der Waals surface area contributed by atoms with Gasteiger partial charge in [-0.3, -0.25) is 4.79 Å². The minimum Gasteiger partial charge on any atom is -0.292 e. The molecule has 17 heavy (non-hydrogen) atoms. The van der Waals surface area contributed by atoms with Crippen molar-refractivity contribution in [3.05, 3.63) is 51.5 Å². The highest BCUT2D eigenvalue weighted by atomic mass is 32.1. The van der Waals surface area contributed by atoms with Crippen molar-refractivity contribution in [3.63, 3.8) is 0 Å². The van der Waals surface area contributed by atoms with Crippen LogP contribution in [0.5, 0.6) is 0 Å². The van der Waals surface area contributed by atoms with E-state index in [0.29, 0.717) is 18.0 Å². The highest BCUT2D eigenvalue weighted by molar-refractivity contribution is 7.09. The Labute approximate surface area is 104 Å². The van der Waals surface area contributed by atoms with Crippen LogP contribution in [0.25, 0.3) is 0 Å². The van der Waals surface area contributed by atoms with Crippen LogP contribution in [0.3, 0.4) is 0 Å². The second-order valence-electron chi connectivity index (χ2n) is 4.48. The van der Waals surface area contributed by atoms with Gasteiger partial charge in [0.15, 0.2) is 5.78 Å². The van der Waals surface area contributed by atoms with Crippen molar-refractivity contribution in [1.82, 2.24) is 4.98 Å². The van der Waals surface area contributed by atoms with Gasteiger partial charge in [-0.2, -0.15) is 0 Å². The molecule has 1 heterocycles. The fourth-order valence-corrected chi connectivity index (χ4v) is 2.98. The zero-order chi connectivity index (χ0) is 11.8. The Morgan fingerprint density at radius 2 is 2.29 bits per heavy atom. The molecule has 1 unspecified atom stereocenters. The number of hydrogen-bond acceptors (Lipinski definition) is 3. The third-order valence-corrected chi connectivity index (χ3v) is 4.07. The van der Waals surface area contributed by atoms with Gasteiger partial charge in [0, 0.05) is 11.8 Å². The van der Waals surface area contributed by atoms with Crippen molar-refractivity contribution >= 4 is 17.1 Å². The quantitative estimate of drug-likeness (QED) is 0.774. The third-order valence-electron chi connectivity index (χ3n) is 3.30. The molecule has 0 fully saturated rings. The van der Waals surface area contributed by atoms with Gasteiger partial charge < -0.3 is 0 Å². The number of thiazole rings is 1. The zero-order valence-electron chi connectivity index (χ0n) is 9.64. The van der Waals surface area contributed by atoms with E-state index in [-0.39, 0.29) is 5.78 Å². The van der Waals surface area contributed by atoms with E-state index in [0.717, 1.165) is 11.4 Å². The molecule has 1 aliphatic carbocycles. The lowest BCUT2D eigenvalue weighted by molar-refractivity contribution is 0.0966. The van der Waals surface area contributed by atoms with Crippen molar-refractivity contribution in [2.24, 2.45) is 0 Å². The smallest absolute Gasteiger partial charge is 0.182 e. The normalized spacial score (nSPS) is 17.4. The molecule has 0 aliphatic heterocycles. The fourth-order valence-electron chi connectivity index (χ4n) is 2.36. The molecule has 1 atom stereocenters. The number of aryl methyl sites for hydroxylation is 1. The molecular formula is C14H13NOS. The number of nitrogens with zero attached hydrogens (tertiary/aromatic N) is 1. The molecule has 2 nitrogen and oxygen atoms in total. The second kappa shape index (κ2) is 4.08. The van der Waals surface area contributed by atoms with Gasteiger partial charge in [-0.25, -0.2) is 4.98 Å². The van der Waals surface area contributed by atoms with Crippen LogP contribution in [0.1, 0.15) is 39.0 Å². The summed E-state index contributed by atoms with van der Waals surface area (Å²) in [6.45, 7) is 1.93. The number of aromatic nitrogens is 1. The van der Waals surface area contributed by atoms with E-state index in [9.17, 15) is 4.79 Å². The number of Topliss-reactive ketones (excluding diaryl/α,β-unsaturated/α-hetero) is 1. The number of fused-ring (bicyclic) bond motifs is 1. The molecule has 0 bridgehead atoms.